The Morgan fingerprint density at radius 2 is 1.31 bits per heavy atom. The molecule has 4 heterocycles. The Morgan fingerprint density at radius 3 is 2.25 bits per heavy atom. The third-order valence-corrected chi connectivity index (χ3v) is 8.06. The summed E-state index contributed by atoms with van der Waals surface area (Å²) in [5.74, 6) is 0. The third-order valence-electron chi connectivity index (χ3n) is 8.06. The first-order valence-electron chi connectivity index (χ1n) is 12.5. The Kier molecular flexibility index (Phi) is 3.33. The monoisotopic (exact) mass is 459 g/mol. The summed E-state index contributed by atoms with van der Waals surface area (Å²) in [6, 6.07) is 39.8. The highest BCUT2D eigenvalue weighted by Gasteiger charge is 2.34. The lowest BCUT2D eigenvalue weighted by atomic mass is 9.97. The van der Waals surface area contributed by atoms with Gasteiger partial charge in [-0.1, -0.05) is 72.8 Å². The van der Waals surface area contributed by atoms with Gasteiger partial charge in [0.15, 0.2) is 0 Å². The molecule has 0 radical (unpaired) electrons. The summed E-state index contributed by atoms with van der Waals surface area (Å²) in [7, 11) is 0. The van der Waals surface area contributed by atoms with Crippen molar-refractivity contribution < 1.29 is 0 Å². The van der Waals surface area contributed by atoms with Gasteiger partial charge in [-0.2, -0.15) is 0 Å². The van der Waals surface area contributed by atoms with E-state index in [0.29, 0.717) is 0 Å². The fraction of sp³-hybridized carbons (Fsp3) is 0.0303. The first kappa shape index (κ1) is 18.6. The normalized spacial score (nSPS) is 15.9. The summed E-state index contributed by atoms with van der Waals surface area (Å²) in [6.45, 7) is 0. The highest BCUT2D eigenvalue weighted by atomic mass is 15.1. The number of fused-ring (bicyclic) bond motifs is 10. The standard InChI is InChI=1S/C33H21N3/c1-2-10-21(11-3-1)35-28-16-7-5-12-22(28)25-18-26-23-13-8-14-24-32-31(17-20-9-4-6-15-27(20)34-32)36(33(23)24)30(26)19-29(25)35/h1-19,32,34H. The molecule has 2 aromatic heterocycles. The van der Waals surface area contributed by atoms with E-state index in [-0.39, 0.29) is 6.04 Å². The minimum absolute atomic E-state index is 0.165. The molecule has 0 fully saturated rings. The molecule has 0 aliphatic carbocycles. The van der Waals surface area contributed by atoms with Crippen LogP contribution in [-0.2, 0) is 0 Å². The van der Waals surface area contributed by atoms with Gasteiger partial charge in [0.1, 0.15) is 0 Å². The Morgan fingerprint density at radius 1 is 0.556 bits per heavy atom. The minimum atomic E-state index is 0.165. The van der Waals surface area contributed by atoms with Gasteiger partial charge >= 0.3 is 0 Å². The van der Waals surface area contributed by atoms with Crippen molar-refractivity contribution in [2.45, 2.75) is 6.04 Å². The fourth-order valence-electron chi connectivity index (χ4n) is 6.57. The number of aromatic nitrogens is 2. The quantitative estimate of drug-likeness (QED) is 0.262. The van der Waals surface area contributed by atoms with E-state index in [2.05, 4.69) is 130 Å². The lowest BCUT2D eigenvalue weighted by molar-refractivity contribution is 0.994. The van der Waals surface area contributed by atoms with Gasteiger partial charge in [0.25, 0.3) is 0 Å². The molecule has 7 aromatic rings. The number of nitrogens with zero attached hydrogens (tertiary/aromatic N) is 2. The van der Waals surface area contributed by atoms with Crippen LogP contribution in [0.1, 0.15) is 17.2 Å². The lowest BCUT2D eigenvalue weighted by Crippen LogP contribution is -2.15. The molecule has 0 amide bonds. The second-order valence-electron chi connectivity index (χ2n) is 9.89. The summed E-state index contributed by atoms with van der Waals surface area (Å²) in [5.41, 5.74) is 11.4. The van der Waals surface area contributed by atoms with E-state index in [1.807, 2.05) is 0 Å². The average molecular weight is 460 g/mol. The van der Waals surface area contributed by atoms with E-state index in [1.54, 1.807) is 0 Å². The number of anilines is 1. The molecule has 5 aromatic carbocycles. The molecule has 0 saturated heterocycles. The van der Waals surface area contributed by atoms with Gasteiger partial charge in [-0.15, -0.1) is 0 Å². The van der Waals surface area contributed by atoms with Gasteiger partial charge in [0, 0.05) is 38.5 Å². The van der Waals surface area contributed by atoms with E-state index in [4.69, 9.17) is 0 Å². The van der Waals surface area contributed by atoms with Crippen LogP contribution in [0, 0.1) is 0 Å². The smallest absolute Gasteiger partial charge is 0.0944 e. The van der Waals surface area contributed by atoms with Crippen LogP contribution in [0.15, 0.2) is 109 Å². The van der Waals surface area contributed by atoms with Crippen molar-refractivity contribution in [3.8, 4) is 5.69 Å². The van der Waals surface area contributed by atoms with Crippen LogP contribution in [0.25, 0.3) is 61.1 Å². The molecule has 3 nitrogen and oxygen atoms in total. The molecule has 0 bridgehead atoms. The van der Waals surface area contributed by atoms with Gasteiger partial charge in [-0.25, -0.2) is 0 Å². The largest absolute Gasteiger partial charge is 0.372 e. The second kappa shape index (κ2) is 6.46. The van der Waals surface area contributed by atoms with E-state index >= 15 is 0 Å². The van der Waals surface area contributed by atoms with Crippen LogP contribution in [0.5, 0.6) is 0 Å². The minimum Gasteiger partial charge on any atom is -0.372 e. The maximum atomic E-state index is 3.82. The molecular formula is C33H21N3. The zero-order valence-corrected chi connectivity index (χ0v) is 19.4. The molecule has 168 valence electrons. The molecular weight excluding hydrogens is 438 g/mol. The van der Waals surface area contributed by atoms with Crippen LogP contribution in [0.3, 0.4) is 0 Å². The third kappa shape index (κ3) is 2.19. The Bertz CT molecular complexity index is 2070. The Hall–Kier alpha value is -4.76. The summed E-state index contributed by atoms with van der Waals surface area (Å²) in [6.07, 6.45) is 2.37. The summed E-state index contributed by atoms with van der Waals surface area (Å²) < 4.78 is 4.91. The average Bonchev–Trinajstić information content (AvgIpc) is 3.55. The summed E-state index contributed by atoms with van der Waals surface area (Å²) in [5, 5.41) is 9.04. The van der Waals surface area contributed by atoms with Gasteiger partial charge in [0.2, 0.25) is 0 Å². The van der Waals surface area contributed by atoms with Crippen LogP contribution in [-0.4, -0.2) is 9.13 Å². The van der Waals surface area contributed by atoms with E-state index in [1.165, 1.54) is 71.8 Å². The van der Waals surface area contributed by atoms with Gasteiger partial charge < -0.3 is 14.5 Å². The zero-order chi connectivity index (χ0) is 23.4. The second-order valence-corrected chi connectivity index (χ2v) is 9.89. The predicted octanol–water partition coefficient (Wildman–Crippen LogP) is 8.37. The van der Waals surface area contributed by atoms with E-state index in [9.17, 15) is 0 Å². The highest BCUT2D eigenvalue weighted by molar-refractivity contribution is 6.21. The Balaban J connectivity index is 1.45. The summed E-state index contributed by atoms with van der Waals surface area (Å²) >= 11 is 0. The SMILES string of the molecule is C1=C2C(Nc3ccccc31)c1cccc3c4cc5c6ccccc6n(-c6ccccc6)c5cc4n2c13. The van der Waals surface area contributed by atoms with Crippen LogP contribution >= 0.6 is 0 Å². The summed E-state index contributed by atoms with van der Waals surface area (Å²) in [4.78, 5) is 0. The molecule has 1 N–H and O–H groups in total. The first-order valence-corrected chi connectivity index (χ1v) is 12.5. The van der Waals surface area contributed by atoms with Crippen molar-refractivity contribution in [2.75, 3.05) is 5.32 Å². The number of nitrogens with one attached hydrogen (secondary N) is 1. The number of rotatable bonds is 1. The highest BCUT2D eigenvalue weighted by Crippen LogP contribution is 2.50. The molecule has 1 unspecified atom stereocenters. The van der Waals surface area contributed by atoms with Crippen molar-refractivity contribution in [1.29, 1.82) is 0 Å². The molecule has 3 heteroatoms. The molecule has 1 atom stereocenters. The molecule has 0 saturated carbocycles. The van der Waals surface area contributed by atoms with Crippen molar-refractivity contribution in [1.82, 2.24) is 9.13 Å². The zero-order valence-electron chi connectivity index (χ0n) is 19.4. The molecule has 36 heavy (non-hydrogen) atoms. The topological polar surface area (TPSA) is 21.9 Å². The van der Waals surface area contributed by atoms with Crippen molar-refractivity contribution >= 4 is 61.1 Å². The number of benzene rings is 5. The van der Waals surface area contributed by atoms with Crippen LogP contribution < -0.4 is 5.32 Å². The molecule has 9 rings (SSSR count). The van der Waals surface area contributed by atoms with Crippen molar-refractivity contribution in [2.24, 2.45) is 0 Å². The molecule has 2 aliphatic rings. The van der Waals surface area contributed by atoms with Crippen molar-refractivity contribution in [3.05, 3.63) is 120 Å². The maximum absolute atomic E-state index is 3.82. The van der Waals surface area contributed by atoms with Crippen LogP contribution in [0.4, 0.5) is 5.69 Å². The number of hydrogen-bond donors (Lipinski definition) is 1. The first-order chi connectivity index (χ1) is 17.9. The van der Waals surface area contributed by atoms with E-state index < -0.39 is 0 Å². The van der Waals surface area contributed by atoms with Gasteiger partial charge in [-0.3, -0.25) is 0 Å². The molecule has 0 spiro atoms. The van der Waals surface area contributed by atoms with Gasteiger partial charge in [0.05, 0.1) is 33.8 Å². The molecule has 2 aliphatic heterocycles. The lowest BCUT2D eigenvalue weighted by Gasteiger charge is -2.25. The van der Waals surface area contributed by atoms with E-state index in [0.717, 1.165) is 0 Å². The van der Waals surface area contributed by atoms with Crippen molar-refractivity contribution in [3.63, 3.8) is 0 Å². The Labute approximate surface area is 207 Å². The maximum Gasteiger partial charge on any atom is 0.0944 e. The van der Waals surface area contributed by atoms with Gasteiger partial charge in [-0.05, 0) is 48.0 Å². The predicted molar refractivity (Wildman–Crippen MR) is 151 cm³/mol. The van der Waals surface area contributed by atoms with Crippen LogP contribution in [0.2, 0.25) is 0 Å². The number of hydrogen-bond acceptors (Lipinski definition) is 1. The fourth-order valence-corrected chi connectivity index (χ4v) is 6.57. The number of para-hydroxylation sites is 4.